The van der Waals surface area contributed by atoms with Gasteiger partial charge in [-0.25, -0.2) is 13.4 Å². The van der Waals surface area contributed by atoms with E-state index < -0.39 is 9.84 Å². The maximum atomic E-state index is 11.4. The van der Waals surface area contributed by atoms with Crippen molar-refractivity contribution in [1.29, 1.82) is 5.41 Å². The zero-order chi connectivity index (χ0) is 16.0. The number of nitrogens with one attached hydrogen (secondary N) is 1. The first-order valence-electron chi connectivity index (χ1n) is 6.25. The summed E-state index contributed by atoms with van der Waals surface area (Å²) >= 11 is 0. The van der Waals surface area contributed by atoms with E-state index in [0.717, 1.165) is 11.1 Å². The van der Waals surface area contributed by atoms with E-state index >= 15 is 0 Å². The van der Waals surface area contributed by atoms with Crippen molar-refractivity contribution < 1.29 is 8.42 Å². The third kappa shape index (κ3) is 5.74. The molecule has 0 unspecified atom stereocenters. The predicted molar refractivity (Wildman–Crippen MR) is 87.4 cm³/mol. The molecule has 0 aliphatic carbocycles. The van der Waals surface area contributed by atoms with Crippen LogP contribution in [-0.2, 0) is 9.84 Å². The summed E-state index contributed by atoms with van der Waals surface area (Å²) in [6.45, 7) is 3.68. The quantitative estimate of drug-likeness (QED) is 0.508. The van der Waals surface area contributed by atoms with Crippen molar-refractivity contribution in [2.24, 2.45) is 10.7 Å². The molecule has 0 radical (unpaired) electrons. The lowest BCUT2D eigenvalue weighted by atomic mass is 10.1. The van der Waals surface area contributed by atoms with Crippen LogP contribution in [0.5, 0.6) is 0 Å². The van der Waals surface area contributed by atoms with Gasteiger partial charge in [-0.05, 0) is 43.2 Å². The molecule has 0 aliphatic heterocycles. The number of rotatable bonds is 4. The van der Waals surface area contributed by atoms with E-state index in [1.165, 1.54) is 6.26 Å². The number of hydrogen-bond donors (Lipinski definition) is 2. The van der Waals surface area contributed by atoms with Crippen molar-refractivity contribution in [2.45, 2.75) is 18.7 Å². The van der Waals surface area contributed by atoms with Crippen molar-refractivity contribution in [3.05, 3.63) is 48.1 Å². The lowest BCUT2D eigenvalue weighted by Gasteiger charge is -2.02. The number of allylic oxidation sites excluding steroid dienone is 4. The van der Waals surface area contributed by atoms with E-state index in [4.69, 9.17) is 11.1 Å². The van der Waals surface area contributed by atoms with Crippen LogP contribution in [0.4, 0.5) is 0 Å². The van der Waals surface area contributed by atoms with Gasteiger partial charge in [0.15, 0.2) is 9.84 Å². The van der Waals surface area contributed by atoms with Crippen LogP contribution in [0.1, 0.15) is 19.4 Å². The van der Waals surface area contributed by atoms with E-state index in [9.17, 15) is 8.42 Å². The number of hydrogen-bond acceptors (Lipinski definition) is 3. The van der Waals surface area contributed by atoms with E-state index in [1.807, 2.05) is 19.1 Å². The molecule has 1 aromatic rings. The lowest BCUT2D eigenvalue weighted by Crippen LogP contribution is -2.07. The Hall–Kier alpha value is -2.21. The molecule has 0 saturated heterocycles. The number of guanidine groups is 1. The highest BCUT2D eigenvalue weighted by molar-refractivity contribution is 7.90. The second-order valence-corrected chi connectivity index (χ2v) is 6.66. The monoisotopic (exact) mass is 305 g/mol. The average Bonchev–Trinajstić information content (AvgIpc) is 2.36. The van der Waals surface area contributed by atoms with Crippen molar-refractivity contribution in [1.82, 2.24) is 0 Å². The summed E-state index contributed by atoms with van der Waals surface area (Å²) in [6, 6.07) is 6.72. The van der Waals surface area contributed by atoms with Gasteiger partial charge < -0.3 is 5.73 Å². The van der Waals surface area contributed by atoms with Crippen LogP contribution in [0.15, 0.2) is 52.4 Å². The van der Waals surface area contributed by atoms with Gasteiger partial charge in [0.25, 0.3) is 0 Å². The molecule has 0 spiro atoms. The number of aliphatic imine (C=N–C) groups is 1. The fourth-order valence-corrected chi connectivity index (χ4v) is 2.25. The van der Waals surface area contributed by atoms with E-state index in [1.54, 1.807) is 37.3 Å². The first-order chi connectivity index (χ1) is 9.70. The summed E-state index contributed by atoms with van der Waals surface area (Å²) in [5.41, 5.74) is 7.73. The molecule has 112 valence electrons. The number of benzene rings is 1. The van der Waals surface area contributed by atoms with Crippen molar-refractivity contribution in [3.63, 3.8) is 0 Å². The molecule has 5 nitrogen and oxygen atoms in total. The predicted octanol–water partition coefficient (Wildman–Crippen LogP) is 2.40. The molecule has 0 heterocycles. The molecular weight excluding hydrogens is 286 g/mol. The Morgan fingerprint density at radius 1 is 1.24 bits per heavy atom. The average molecular weight is 305 g/mol. The van der Waals surface area contributed by atoms with Gasteiger partial charge in [-0.15, -0.1) is 0 Å². The van der Waals surface area contributed by atoms with Crippen LogP contribution < -0.4 is 5.73 Å². The molecule has 0 saturated carbocycles. The Morgan fingerprint density at radius 2 is 1.81 bits per heavy atom. The van der Waals surface area contributed by atoms with E-state index in [0.29, 0.717) is 10.6 Å². The Kier molecular flexibility index (Phi) is 5.60. The van der Waals surface area contributed by atoms with Crippen LogP contribution in [0.25, 0.3) is 5.57 Å². The summed E-state index contributed by atoms with van der Waals surface area (Å²) in [7, 11) is -3.17. The minimum Gasteiger partial charge on any atom is -0.368 e. The second kappa shape index (κ2) is 6.99. The zero-order valence-electron chi connectivity index (χ0n) is 12.3. The standard InChI is InChI=1S/C15H19N3O2S/c1-11(5-4-6-12(2)18-15(16)17)13-7-9-14(10-8-13)21(3,19)20/h4-10H,1-3H3,(H3,16,17)/b6-4-,11-5+,18-12?. The van der Waals surface area contributed by atoms with Crippen molar-refractivity contribution >= 4 is 27.1 Å². The molecule has 1 rings (SSSR count). The molecule has 0 amide bonds. The van der Waals surface area contributed by atoms with E-state index in [2.05, 4.69) is 4.99 Å². The van der Waals surface area contributed by atoms with Gasteiger partial charge in [0, 0.05) is 12.0 Å². The lowest BCUT2D eigenvalue weighted by molar-refractivity contribution is 0.602. The molecule has 6 heteroatoms. The maximum absolute atomic E-state index is 11.4. The smallest absolute Gasteiger partial charge is 0.212 e. The van der Waals surface area contributed by atoms with Crippen molar-refractivity contribution in [3.8, 4) is 0 Å². The third-order valence-electron chi connectivity index (χ3n) is 2.72. The zero-order valence-corrected chi connectivity index (χ0v) is 13.1. The molecule has 1 aromatic carbocycles. The topological polar surface area (TPSA) is 96.4 Å². The Balaban J connectivity index is 2.89. The van der Waals surface area contributed by atoms with Crippen LogP contribution in [0.2, 0.25) is 0 Å². The molecule has 3 N–H and O–H groups in total. The highest BCUT2D eigenvalue weighted by Crippen LogP contribution is 2.17. The molecule has 0 bridgehead atoms. The Morgan fingerprint density at radius 3 is 2.29 bits per heavy atom. The van der Waals surface area contributed by atoms with Gasteiger partial charge >= 0.3 is 0 Å². The number of nitrogens with zero attached hydrogens (tertiary/aromatic N) is 1. The van der Waals surface area contributed by atoms with Crippen LogP contribution in [0.3, 0.4) is 0 Å². The van der Waals surface area contributed by atoms with Gasteiger partial charge in [-0.1, -0.05) is 24.3 Å². The molecule has 0 atom stereocenters. The van der Waals surface area contributed by atoms with Gasteiger partial charge in [0.05, 0.1) is 4.90 Å². The minimum atomic E-state index is -3.17. The summed E-state index contributed by atoms with van der Waals surface area (Å²) in [5, 5.41) is 7.04. The third-order valence-corrected chi connectivity index (χ3v) is 3.85. The Bertz CT molecular complexity index is 712. The molecule has 0 aromatic heterocycles. The van der Waals surface area contributed by atoms with Gasteiger partial charge in [0.1, 0.15) is 0 Å². The molecule has 0 aliphatic rings. The van der Waals surface area contributed by atoms with Gasteiger partial charge in [-0.2, -0.15) is 0 Å². The number of nitrogens with two attached hydrogens (primary N) is 1. The first kappa shape index (κ1) is 16.8. The van der Waals surface area contributed by atoms with Gasteiger partial charge in [-0.3, -0.25) is 5.41 Å². The normalized spacial score (nSPS) is 13.7. The highest BCUT2D eigenvalue weighted by atomic mass is 32.2. The minimum absolute atomic E-state index is 0.228. The van der Waals surface area contributed by atoms with Crippen LogP contribution >= 0.6 is 0 Å². The summed E-state index contributed by atoms with van der Waals surface area (Å²) in [4.78, 5) is 4.09. The van der Waals surface area contributed by atoms with Crippen LogP contribution in [0, 0.1) is 5.41 Å². The number of sulfone groups is 1. The largest absolute Gasteiger partial charge is 0.368 e. The van der Waals surface area contributed by atoms with Crippen LogP contribution in [-0.4, -0.2) is 26.3 Å². The maximum Gasteiger partial charge on any atom is 0.212 e. The summed E-state index contributed by atoms with van der Waals surface area (Å²) < 4.78 is 22.8. The molecular formula is C15H19N3O2S. The summed E-state index contributed by atoms with van der Waals surface area (Å²) in [5.74, 6) is -0.228. The fourth-order valence-electron chi connectivity index (χ4n) is 1.62. The highest BCUT2D eigenvalue weighted by Gasteiger charge is 2.06. The SMILES string of the molecule is CC(/C=C\C=C(/C)c1ccc(S(C)(=O)=O)cc1)=NC(=N)N. The second-order valence-electron chi connectivity index (χ2n) is 4.64. The first-order valence-corrected chi connectivity index (χ1v) is 8.14. The van der Waals surface area contributed by atoms with Crippen molar-refractivity contribution in [2.75, 3.05) is 6.26 Å². The summed E-state index contributed by atoms with van der Waals surface area (Å²) in [6.07, 6.45) is 6.62. The van der Waals surface area contributed by atoms with E-state index in [-0.39, 0.29) is 5.96 Å². The van der Waals surface area contributed by atoms with Gasteiger partial charge in [0.2, 0.25) is 5.96 Å². The fraction of sp³-hybridized carbons (Fsp3) is 0.200. The Labute approximate surface area is 125 Å². The molecule has 0 fully saturated rings. The molecule has 21 heavy (non-hydrogen) atoms.